The molecule has 1 aliphatic carbocycles. The van der Waals surface area contributed by atoms with Crippen LogP contribution in [0.5, 0.6) is 5.75 Å². The fourth-order valence-electron chi connectivity index (χ4n) is 3.45. The minimum atomic E-state index is -4.95. The number of hydrogen-bond acceptors (Lipinski definition) is 4. The molecule has 156 valence electrons. The monoisotopic (exact) mass is 411 g/mol. The Morgan fingerprint density at radius 2 is 1.79 bits per heavy atom. The first-order chi connectivity index (χ1) is 13.7. The number of halogens is 4. The fourth-order valence-corrected chi connectivity index (χ4v) is 3.45. The maximum atomic E-state index is 14.0. The maximum absolute atomic E-state index is 14.0. The maximum Gasteiger partial charge on any atom is 0.573 e. The van der Waals surface area contributed by atoms with Crippen LogP contribution in [-0.2, 0) is 4.79 Å². The van der Waals surface area contributed by atoms with Crippen molar-refractivity contribution in [1.29, 1.82) is 0 Å². The van der Waals surface area contributed by atoms with Crippen molar-refractivity contribution in [2.24, 2.45) is 0 Å². The Hall–Kier alpha value is -2.84. The van der Waals surface area contributed by atoms with Gasteiger partial charge in [-0.15, -0.1) is 13.2 Å². The molecule has 0 bridgehead atoms. The summed E-state index contributed by atoms with van der Waals surface area (Å²) in [6, 6.07) is 7.15. The topological polar surface area (TPSA) is 63.2 Å². The molecule has 9 heteroatoms. The van der Waals surface area contributed by atoms with Gasteiger partial charge in [-0.3, -0.25) is 9.78 Å². The number of hydrogen-bond donors (Lipinski definition) is 2. The summed E-state index contributed by atoms with van der Waals surface area (Å²) in [4.78, 5) is 15.3. The van der Waals surface area contributed by atoms with Gasteiger partial charge in [0.2, 0.25) is 5.91 Å². The van der Waals surface area contributed by atoms with Crippen LogP contribution in [0.25, 0.3) is 11.3 Å². The van der Waals surface area contributed by atoms with E-state index in [0.717, 1.165) is 43.5 Å². The minimum Gasteiger partial charge on any atom is -0.403 e. The number of aromatic nitrogens is 1. The molecule has 2 aromatic rings. The third-order valence-corrected chi connectivity index (χ3v) is 4.72. The Balaban J connectivity index is 1.66. The first-order valence-electron chi connectivity index (χ1n) is 9.25. The molecule has 1 aromatic heterocycles. The van der Waals surface area contributed by atoms with Crippen molar-refractivity contribution in [3.05, 3.63) is 42.3 Å². The number of alkyl halides is 3. The molecule has 1 aliphatic rings. The van der Waals surface area contributed by atoms with Crippen molar-refractivity contribution >= 4 is 11.6 Å². The number of carbonyl (C=O) groups excluding carboxylic acids is 1. The van der Waals surface area contributed by atoms with Crippen molar-refractivity contribution in [3.63, 3.8) is 0 Å². The lowest BCUT2D eigenvalue weighted by atomic mass is 9.91. The third kappa shape index (κ3) is 6.07. The number of amides is 1. The highest BCUT2D eigenvalue weighted by molar-refractivity contribution is 5.73. The second-order valence-electron chi connectivity index (χ2n) is 7.02. The molecule has 0 aliphatic heterocycles. The third-order valence-electron chi connectivity index (χ3n) is 4.72. The van der Waals surface area contributed by atoms with Crippen LogP contribution in [-0.4, -0.2) is 29.3 Å². The van der Waals surface area contributed by atoms with Gasteiger partial charge in [0.25, 0.3) is 0 Å². The standard InChI is InChI=1S/C20H21F4N3O2/c1-12(28)26-14-3-5-15(6-4-14)27-16-8-9-25-18(11-16)13-2-7-19(17(21)10-13)29-20(22,23)24/h2,7-11,14-15H,3-6H2,1H3,(H,25,27)(H,26,28)/t14-,15-. The summed E-state index contributed by atoms with van der Waals surface area (Å²) in [6.07, 6.45) is 0.131. The quantitative estimate of drug-likeness (QED) is 0.704. The van der Waals surface area contributed by atoms with Crippen molar-refractivity contribution in [1.82, 2.24) is 10.3 Å². The van der Waals surface area contributed by atoms with Gasteiger partial charge in [0.05, 0.1) is 5.69 Å². The second-order valence-corrected chi connectivity index (χ2v) is 7.02. The highest BCUT2D eigenvalue weighted by Gasteiger charge is 2.32. The van der Waals surface area contributed by atoms with Crippen molar-refractivity contribution in [2.45, 2.75) is 51.1 Å². The van der Waals surface area contributed by atoms with Crippen LogP contribution < -0.4 is 15.4 Å². The predicted molar refractivity (Wildman–Crippen MR) is 99.8 cm³/mol. The molecule has 0 atom stereocenters. The first kappa shape index (κ1) is 20.9. The van der Waals surface area contributed by atoms with Gasteiger partial charge in [-0.25, -0.2) is 4.39 Å². The Labute approximate surface area is 165 Å². The Morgan fingerprint density at radius 1 is 1.10 bits per heavy atom. The van der Waals surface area contributed by atoms with Gasteiger partial charge in [0.15, 0.2) is 11.6 Å². The van der Waals surface area contributed by atoms with Crippen molar-refractivity contribution in [3.8, 4) is 17.0 Å². The van der Waals surface area contributed by atoms with E-state index in [1.165, 1.54) is 13.0 Å². The number of pyridine rings is 1. The van der Waals surface area contributed by atoms with E-state index >= 15 is 0 Å². The molecule has 1 heterocycles. The van der Waals surface area contributed by atoms with Crippen LogP contribution >= 0.6 is 0 Å². The Bertz CT molecular complexity index is 865. The molecule has 1 fully saturated rings. The zero-order chi connectivity index (χ0) is 21.0. The van der Waals surface area contributed by atoms with Crippen molar-refractivity contribution < 1.29 is 27.1 Å². The van der Waals surface area contributed by atoms with Gasteiger partial charge >= 0.3 is 6.36 Å². The molecule has 0 saturated heterocycles. The normalized spacial score (nSPS) is 19.5. The smallest absolute Gasteiger partial charge is 0.403 e. The van der Waals surface area contributed by atoms with Gasteiger partial charge in [0, 0.05) is 36.5 Å². The molecule has 0 spiro atoms. The second kappa shape index (κ2) is 8.67. The van der Waals surface area contributed by atoms with Gasteiger partial charge in [-0.05, 0) is 56.0 Å². The van der Waals surface area contributed by atoms with E-state index in [9.17, 15) is 22.4 Å². The Kier molecular flexibility index (Phi) is 6.24. The summed E-state index contributed by atoms with van der Waals surface area (Å²) in [5, 5.41) is 6.33. The molecule has 0 unspecified atom stereocenters. The van der Waals surface area contributed by atoms with Crippen LogP contribution in [0.4, 0.5) is 23.2 Å². The summed E-state index contributed by atoms with van der Waals surface area (Å²) < 4.78 is 54.4. The van der Waals surface area contributed by atoms with Crippen LogP contribution in [0.1, 0.15) is 32.6 Å². The van der Waals surface area contributed by atoms with Crippen LogP contribution in [0.15, 0.2) is 36.5 Å². The number of rotatable bonds is 5. The Morgan fingerprint density at radius 3 is 2.41 bits per heavy atom. The van der Waals surface area contributed by atoms with E-state index < -0.39 is 17.9 Å². The van der Waals surface area contributed by atoms with E-state index in [1.54, 1.807) is 18.3 Å². The zero-order valence-electron chi connectivity index (χ0n) is 15.7. The van der Waals surface area contributed by atoms with Gasteiger partial charge < -0.3 is 15.4 Å². The lowest BCUT2D eigenvalue weighted by Crippen LogP contribution is -2.39. The number of anilines is 1. The predicted octanol–water partition coefficient (Wildman–Crippen LogP) is 4.65. The largest absolute Gasteiger partial charge is 0.573 e. The van der Waals surface area contributed by atoms with E-state index in [2.05, 4.69) is 20.4 Å². The number of ether oxygens (including phenoxy) is 1. The number of nitrogens with one attached hydrogen (secondary N) is 2. The first-order valence-corrected chi connectivity index (χ1v) is 9.25. The lowest BCUT2D eigenvalue weighted by molar-refractivity contribution is -0.275. The molecule has 1 aromatic carbocycles. The van der Waals surface area contributed by atoms with E-state index in [4.69, 9.17) is 0 Å². The molecular weight excluding hydrogens is 390 g/mol. The molecule has 1 amide bonds. The molecule has 0 radical (unpaired) electrons. The van der Waals surface area contributed by atoms with Crippen molar-refractivity contribution in [2.75, 3.05) is 5.32 Å². The summed E-state index contributed by atoms with van der Waals surface area (Å²) in [7, 11) is 0. The van der Waals surface area contributed by atoms with Gasteiger partial charge in [0.1, 0.15) is 0 Å². The van der Waals surface area contributed by atoms with E-state index in [-0.39, 0.29) is 18.0 Å². The molecular formula is C20H21F4N3O2. The summed E-state index contributed by atoms with van der Waals surface area (Å²) in [5.74, 6) is -2.03. The molecule has 2 N–H and O–H groups in total. The zero-order valence-corrected chi connectivity index (χ0v) is 15.7. The lowest BCUT2D eigenvalue weighted by Gasteiger charge is -2.30. The van der Waals surface area contributed by atoms with Crippen LogP contribution in [0.3, 0.4) is 0 Å². The van der Waals surface area contributed by atoms with Gasteiger partial charge in [-0.1, -0.05) is 0 Å². The van der Waals surface area contributed by atoms with Crippen LogP contribution in [0, 0.1) is 5.82 Å². The number of benzene rings is 1. The minimum absolute atomic E-state index is 0.0286. The fraction of sp³-hybridized carbons (Fsp3) is 0.400. The molecule has 5 nitrogen and oxygen atoms in total. The van der Waals surface area contributed by atoms with Gasteiger partial charge in [-0.2, -0.15) is 0 Å². The molecule has 29 heavy (non-hydrogen) atoms. The average Bonchev–Trinajstić information content (AvgIpc) is 2.64. The van der Waals surface area contributed by atoms with Crippen LogP contribution in [0.2, 0.25) is 0 Å². The van der Waals surface area contributed by atoms with E-state index in [0.29, 0.717) is 11.3 Å². The highest BCUT2D eigenvalue weighted by Crippen LogP contribution is 2.30. The average molecular weight is 411 g/mol. The highest BCUT2D eigenvalue weighted by atomic mass is 19.4. The molecule has 3 rings (SSSR count). The van der Waals surface area contributed by atoms with E-state index in [1.807, 2.05) is 0 Å². The summed E-state index contributed by atoms with van der Waals surface area (Å²) in [6.45, 7) is 1.51. The molecule has 1 saturated carbocycles. The SMILES string of the molecule is CC(=O)N[C@H]1CC[C@H](Nc2ccnc(-c3ccc(OC(F)(F)F)c(F)c3)c2)CC1. The summed E-state index contributed by atoms with van der Waals surface area (Å²) >= 11 is 0. The number of nitrogens with zero attached hydrogens (tertiary/aromatic N) is 1. The number of carbonyl (C=O) groups is 1. The summed E-state index contributed by atoms with van der Waals surface area (Å²) in [5.41, 5.74) is 1.56.